The van der Waals surface area contributed by atoms with Crippen LogP contribution in [0, 0.1) is 0 Å². The Morgan fingerprint density at radius 2 is 1.26 bits per heavy atom. The van der Waals surface area contributed by atoms with Crippen molar-refractivity contribution >= 4 is 39.9 Å². The Kier molecular flexibility index (Phi) is 11.0. The van der Waals surface area contributed by atoms with Gasteiger partial charge in [-0.15, -0.1) is 0 Å². The molecule has 0 bridgehead atoms. The molecule has 1 aromatic rings. The van der Waals surface area contributed by atoms with Gasteiger partial charge < -0.3 is 0 Å². The summed E-state index contributed by atoms with van der Waals surface area (Å²) in [5, 5.41) is 0. The second-order valence-electron chi connectivity index (χ2n) is 7.28. The summed E-state index contributed by atoms with van der Waals surface area (Å²) in [5.74, 6) is 0. The van der Waals surface area contributed by atoms with Crippen molar-refractivity contribution in [3.05, 3.63) is 38.1 Å². The van der Waals surface area contributed by atoms with E-state index in [0.29, 0.717) is 17.8 Å². The van der Waals surface area contributed by atoms with Crippen molar-refractivity contribution in [1.29, 1.82) is 0 Å². The Balaban J connectivity index is 3.59. The Bertz CT molecular complexity index is 571. The molecule has 6 heteroatoms. The van der Waals surface area contributed by atoms with E-state index < -0.39 is 34.0 Å². The zero-order chi connectivity index (χ0) is 20.5. The standard InChI is InChI=1S/C9H4BrF4.3C4H9.Sn/c10-7-3-1-6(2-4-7)8(5-11)9(12,13)14;3*1-3-4-2;/h1-4H;3*1,3-4H2,2H3;. The van der Waals surface area contributed by atoms with Crippen LogP contribution >= 0.6 is 15.9 Å². The monoisotopic (exact) mass is 558 g/mol. The van der Waals surface area contributed by atoms with Crippen molar-refractivity contribution in [2.75, 3.05) is 0 Å². The van der Waals surface area contributed by atoms with Crippen LogP contribution in [0.2, 0.25) is 13.3 Å². The van der Waals surface area contributed by atoms with E-state index in [1.165, 1.54) is 12.1 Å². The summed E-state index contributed by atoms with van der Waals surface area (Å²) in [4.78, 5) is 0. The van der Waals surface area contributed by atoms with E-state index in [9.17, 15) is 13.2 Å². The van der Waals surface area contributed by atoms with Crippen molar-refractivity contribution < 1.29 is 17.6 Å². The van der Waals surface area contributed by atoms with Gasteiger partial charge in [-0.05, 0) is 0 Å². The zero-order valence-electron chi connectivity index (χ0n) is 16.6. The maximum absolute atomic E-state index is 15.9. The quantitative estimate of drug-likeness (QED) is 0.188. The summed E-state index contributed by atoms with van der Waals surface area (Å²) in [6.45, 7) is 6.08. The number of halogens is 5. The van der Waals surface area contributed by atoms with Gasteiger partial charge >= 0.3 is 174 Å². The fourth-order valence-corrected chi connectivity index (χ4v) is 19.0. The molecule has 27 heavy (non-hydrogen) atoms. The molecule has 0 saturated heterocycles. The molecule has 0 N–H and O–H groups in total. The number of rotatable bonds is 11. The first-order valence-corrected chi connectivity index (χ1v) is 18.2. The third-order valence-electron chi connectivity index (χ3n) is 5.13. The molecule has 0 aliphatic heterocycles. The molecular weight excluding hydrogens is 527 g/mol. The molecule has 0 saturated carbocycles. The van der Waals surface area contributed by atoms with Gasteiger partial charge in [0, 0.05) is 0 Å². The fraction of sp³-hybridized carbons (Fsp3) is 0.619. The first-order chi connectivity index (χ1) is 12.7. The van der Waals surface area contributed by atoms with Crippen molar-refractivity contribution in [2.45, 2.75) is 78.8 Å². The predicted molar refractivity (Wildman–Crippen MR) is 113 cm³/mol. The second-order valence-corrected chi connectivity index (χ2v) is 21.0. The number of hydrogen-bond donors (Lipinski definition) is 0. The van der Waals surface area contributed by atoms with Gasteiger partial charge in [0.1, 0.15) is 0 Å². The van der Waals surface area contributed by atoms with E-state index in [1.54, 1.807) is 12.1 Å². The van der Waals surface area contributed by atoms with Gasteiger partial charge in [0.15, 0.2) is 0 Å². The van der Waals surface area contributed by atoms with Gasteiger partial charge in [0.25, 0.3) is 0 Å². The summed E-state index contributed by atoms with van der Waals surface area (Å²) in [5.41, 5.74) is -1.05. The normalized spacial score (nSPS) is 13.6. The van der Waals surface area contributed by atoms with Crippen LogP contribution in [-0.2, 0) is 0 Å². The van der Waals surface area contributed by atoms with E-state index in [2.05, 4.69) is 15.9 Å². The molecular formula is C21H31BrF4Sn. The van der Waals surface area contributed by atoms with E-state index in [1.807, 2.05) is 20.8 Å². The number of unbranched alkanes of at least 4 members (excludes halogenated alkanes) is 3. The second kappa shape index (κ2) is 11.8. The Morgan fingerprint density at radius 1 is 0.852 bits per heavy atom. The van der Waals surface area contributed by atoms with E-state index >= 15 is 4.39 Å². The molecule has 0 spiro atoms. The number of benzene rings is 1. The number of alkyl halides is 3. The van der Waals surface area contributed by atoms with Crippen molar-refractivity contribution in [1.82, 2.24) is 0 Å². The molecule has 0 atom stereocenters. The molecule has 0 amide bonds. The summed E-state index contributed by atoms with van der Waals surface area (Å²) in [6.07, 6.45) is 0.468. The van der Waals surface area contributed by atoms with Gasteiger partial charge in [0.2, 0.25) is 0 Å². The number of allylic oxidation sites excluding steroid dienone is 1. The van der Waals surface area contributed by atoms with E-state index in [4.69, 9.17) is 0 Å². The van der Waals surface area contributed by atoms with E-state index in [0.717, 1.165) is 38.5 Å². The Labute approximate surface area is 173 Å². The third kappa shape index (κ3) is 7.37. The minimum atomic E-state index is -4.68. The van der Waals surface area contributed by atoms with Crippen LogP contribution in [0.5, 0.6) is 0 Å². The van der Waals surface area contributed by atoms with Crippen molar-refractivity contribution in [3.8, 4) is 0 Å². The van der Waals surface area contributed by atoms with Crippen molar-refractivity contribution in [3.63, 3.8) is 0 Å². The van der Waals surface area contributed by atoms with Gasteiger partial charge in [0.05, 0.1) is 0 Å². The SMILES string of the molecule is CCC[CH2][Sn]([CH2]CCC)([CH2]CCC)/[C](F)=C(/c1ccc(Br)cc1)C(F)(F)F. The van der Waals surface area contributed by atoms with Gasteiger partial charge in [-0.2, -0.15) is 0 Å². The zero-order valence-corrected chi connectivity index (χ0v) is 21.0. The summed E-state index contributed by atoms with van der Waals surface area (Å²) >= 11 is -0.536. The minimum absolute atomic E-state index is 0.0474. The molecule has 0 fully saturated rings. The molecule has 1 aromatic carbocycles. The molecule has 0 nitrogen and oxygen atoms in total. The average Bonchev–Trinajstić information content (AvgIpc) is 2.62. The molecule has 0 aliphatic carbocycles. The van der Waals surface area contributed by atoms with E-state index in [-0.39, 0.29) is 5.56 Å². The topological polar surface area (TPSA) is 0 Å². The molecule has 0 aromatic heterocycles. The average molecular weight is 558 g/mol. The molecule has 1 rings (SSSR count). The van der Waals surface area contributed by atoms with Crippen LogP contribution in [0.1, 0.15) is 64.9 Å². The summed E-state index contributed by atoms with van der Waals surface area (Å²) < 4.78 is 59.8. The Hall–Kier alpha value is -0.0413. The van der Waals surface area contributed by atoms with Gasteiger partial charge in [-0.25, -0.2) is 0 Å². The van der Waals surface area contributed by atoms with Crippen molar-refractivity contribution in [2.24, 2.45) is 0 Å². The molecule has 0 unspecified atom stereocenters. The van der Waals surface area contributed by atoms with Crippen LogP contribution < -0.4 is 0 Å². The molecule has 0 aliphatic rings. The first kappa shape index (κ1) is 25.0. The third-order valence-corrected chi connectivity index (χ3v) is 20.3. The van der Waals surface area contributed by atoms with Gasteiger partial charge in [-0.1, -0.05) is 0 Å². The Morgan fingerprint density at radius 3 is 1.59 bits per heavy atom. The first-order valence-electron chi connectivity index (χ1n) is 9.95. The fourth-order valence-electron chi connectivity index (χ4n) is 3.55. The van der Waals surface area contributed by atoms with Crippen LogP contribution in [-0.4, -0.2) is 24.6 Å². The molecule has 154 valence electrons. The van der Waals surface area contributed by atoms with Crippen LogP contribution in [0.3, 0.4) is 0 Å². The van der Waals surface area contributed by atoms with Crippen LogP contribution in [0.15, 0.2) is 32.6 Å². The van der Waals surface area contributed by atoms with Crippen LogP contribution in [0.25, 0.3) is 5.57 Å². The predicted octanol–water partition coefficient (Wildman–Crippen LogP) is 9.08. The van der Waals surface area contributed by atoms with Crippen LogP contribution in [0.4, 0.5) is 17.6 Å². The van der Waals surface area contributed by atoms with Gasteiger partial charge in [-0.3, -0.25) is 0 Å². The summed E-state index contributed by atoms with van der Waals surface area (Å²) in [7, 11) is 0. The molecule has 0 heterocycles. The maximum atomic E-state index is 15.9. The summed E-state index contributed by atoms with van der Waals surface area (Å²) in [6, 6.07) is 5.86. The molecule has 0 radical (unpaired) electrons. The number of hydrogen-bond acceptors (Lipinski definition) is 0.